The SMILES string of the molecule is COc1cccc(C(=O)Nc2ccc(NC(=O)c3cccc(C)c3)cc2)c1. The van der Waals surface area contributed by atoms with Gasteiger partial charge < -0.3 is 15.4 Å². The van der Waals surface area contributed by atoms with Crippen LogP contribution in [0.3, 0.4) is 0 Å². The van der Waals surface area contributed by atoms with Gasteiger partial charge in [-0.2, -0.15) is 0 Å². The summed E-state index contributed by atoms with van der Waals surface area (Å²) < 4.78 is 5.13. The molecule has 0 atom stereocenters. The fraction of sp³-hybridized carbons (Fsp3) is 0.0909. The number of carbonyl (C=O) groups excluding carboxylic acids is 2. The van der Waals surface area contributed by atoms with Gasteiger partial charge in [0, 0.05) is 22.5 Å². The highest BCUT2D eigenvalue weighted by atomic mass is 16.5. The first-order valence-electron chi connectivity index (χ1n) is 8.48. The van der Waals surface area contributed by atoms with Gasteiger partial charge in [-0.15, -0.1) is 0 Å². The largest absolute Gasteiger partial charge is 0.497 e. The number of anilines is 2. The molecule has 0 aliphatic carbocycles. The van der Waals surface area contributed by atoms with Crippen molar-refractivity contribution < 1.29 is 14.3 Å². The molecule has 3 aromatic carbocycles. The van der Waals surface area contributed by atoms with Gasteiger partial charge in [0.05, 0.1) is 7.11 Å². The van der Waals surface area contributed by atoms with Crippen molar-refractivity contribution in [2.75, 3.05) is 17.7 Å². The summed E-state index contributed by atoms with van der Waals surface area (Å²) in [5, 5.41) is 5.67. The number of hydrogen-bond acceptors (Lipinski definition) is 3. The maximum Gasteiger partial charge on any atom is 0.255 e. The zero-order valence-corrected chi connectivity index (χ0v) is 15.2. The van der Waals surface area contributed by atoms with Crippen molar-refractivity contribution in [2.24, 2.45) is 0 Å². The van der Waals surface area contributed by atoms with Crippen LogP contribution >= 0.6 is 0 Å². The second-order valence-electron chi connectivity index (χ2n) is 6.09. The smallest absolute Gasteiger partial charge is 0.255 e. The van der Waals surface area contributed by atoms with Crippen LogP contribution in [0, 0.1) is 6.92 Å². The lowest BCUT2D eigenvalue weighted by molar-refractivity contribution is 0.101. The van der Waals surface area contributed by atoms with Crippen LogP contribution in [0.25, 0.3) is 0 Å². The van der Waals surface area contributed by atoms with E-state index >= 15 is 0 Å². The molecule has 5 nitrogen and oxygen atoms in total. The van der Waals surface area contributed by atoms with E-state index < -0.39 is 0 Å². The molecule has 3 aromatic rings. The zero-order chi connectivity index (χ0) is 19.2. The van der Waals surface area contributed by atoms with Crippen molar-refractivity contribution in [1.82, 2.24) is 0 Å². The van der Waals surface area contributed by atoms with Gasteiger partial charge in [0.2, 0.25) is 0 Å². The number of methoxy groups -OCH3 is 1. The second-order valence-corrected chi connectivity index (χ2v) is 6.09. The Morgan fingerprint density at radius 1 is 0.741 bits per heavy atom. The molecular formula is C22H20N2O3. The standard InChI is InChI=1S/C22H20N2O3/c1-15-5-3-6-16(13-15)21(25)23-18-9-11-19(12-10-18)24-22(26)17-7-4-8-20(14-17)27-2/h3-14H,1-2H3,(H,23,25)(H,24,26). The second kappa shape index (κ2) is 8.19. The molecule has 0 aliphatic rings. The van der Waals surface area contributed by atoms with Gasteiger partial charge in [0.25, 0.3) is 11.8 Å². The molecule has 0 fully saturated rings. The molecular weight excluding hydrogens is 340 g/mol. The Morgan fingerprint density at radius 3 is 1.78 bits per heavy atom. The number of amides is 2. The number of carbonyl (C=O) groups is 2. The van der Waals surface area contributed by atoms with E-state index in [-0.39, 0.29) is 11.8 Å². The maximum absolute atomic E-state index is 12.3. The molecule has 0 saturated carbocycles. The van der Waals surface area contributed by atoms with Crippen LogP contribution in [0.4, 0.5) is 11.4 Å². The fourth-order valence-electron chi connectivity index (χ4n) is 2.59. The van der Waals surface area contributed by atoms with Crippen molar-refractivity contribution in [2.45, 2.75) is 6.92 Å². The molecule has 2 amide bonds. The third kappa shape index (κ3) is 4.73. The third-order valence-electron chi connectivity index (χ3n) is 4.01. The number of ether oxygens (including phenoxy) is 1. The molecule has 136 valence electrons. The van der Waals surface area contributed by atoms with Gasteiger partial charge >= 0.3 is 0 Å². The zero-order valence-electron chi connectivity index (χ0n) is 15.2. The van der Waals surface area contributed by atoms with E-state index in [9.17, 15) is 9.59 Å². The van der Waals surface area contributed by atoms with E-state index in [1.54, 1.807) is 61.7 Å². The molecule has 0 saturated heterocycles. The summed E-state index contributed by atoms with van der Waals surface area (Å²) in [6, 6.07) is 21.3. The summed E-state index contributed by atoms with van der Waals surface area (Å²) in [5.74, 6) is 0.217. The Morgan fingerprint density at radius 2 is 1.26 bits per heavy atom. The molecule has 0 radical (unpaired) electrons. The topological polar surface area (TPSA) is 67.4 Å². The lowest BCUT2D eigenvalue weighted by Gasteiger charge is -2.09. The van der Waals surface area contributed by atoms with Gasteiger partial charge in [-0.25, -0.2) is 0 Å². The lowest BCUT2D eigenvalue weighted by Crippen LogP contribution is -2.13. The summed E-state index contributed by atoms with van der Waals surface area (Å²) >= 11 is 0. The molecule has 3 rings (SSSR count). The quantitative estimate of drug-likeness (QED) is 0.703. The normalized spacial score (nSPS) is 10.1. The van der Waals surface area contributed by atoms with Gasteiger partial charge in [-0.1, -0.05) is 23.8 Å². The lowest BCUT2D eigenvalue weighted by atomic mass is 10.1. The molecule has 0 bridgehead atoms. The summed E-state index contributed by atoms with van der Waals surface area (Å²) in [5.41, 5.74) is 3.42. The van der Waals surface area contributed by atoms with Crippen molar-refractivity contribution in [1.29, 1.82) is 0 Å². The highest BCUT2D eigenvalue weighted by Crippen LogP contribution is 2.18. The predicted molar refractivity (Wildman–Crippen MR) is 107 cm³/mol. The van der Waals surface area contributed by atoms with Crippen LogP contribution in [0.5, 0.6) is 5.75 Å². The van der Waals surface area contributed by atoms with Gasteiger partial charge in [0.1, 0.15) is 5.75 Å². The predicted octanol–water partition coefficient (Wildman–Crippen LogP) is 4.51. The highest BCUT2D eigenvalue weighted by Gasteiger charge is 2.09. The minimum absolute atomic E-state index is 0.174. The van der Waals surface area contributed by atoms with Crippen molar-refractivity contribution in [3.8, 4) is 5.75 Å². The Hall–Kier alpha value is -3.60. The monoisotopic (exact) mass is 360 g/mol. The van der Waals surface area contributed by atoms with E-state index in [1.807, 2.05) is 25.1 Å². The summed E-state index contributed by atoms with van der Waals surface area (Å²) in [6.07, 6.45) is 0. The Bertz CT molecular complexity index is 965. The van der Waals surface area contributed by atoms with Crippen LogP contribution in [0.1, 0.15) is 26.3 Å². The van der Waals surface area contributed by atoms with E-state index in [0.29, 0.717) is 28.3 Å². The molecule has 27 heavy (non-hydrogen) atoms. The van der Waals surface area contributed by atoms with Crippen LogP contribution in [-0.2, 0) is 0 Å². The molecule has 0 heterocycles. The highest BCUT2D eigenvalue weighted by molar-refractivity contribution is 6.05. The average Bonchev–Trinajstić information content (AvgIpc) is 2.69. The Labute approximate surface area is 158 Å². The molecule has 5 heteroatoms. The maximum atomic E-state index is 12.3. The van der Waals surface area contributed by atoms with E-state index in [0.717, 1.165) is 5.56 Å². The number of benzene rings is 3. The molecule has 0 unspecified atom stereocenters. The molecule has 0 spiro atoms. The third-order valence-corrected chi connectivity index (χ3v) is 4.01. The number of aryl methyl sites for hydroxylation is 1. The van der Waals surface area contributed by atoms with Gasteiger partial charge in [-0.05, 0) is 61.5 Å². The summed E-state index contributed by atoms with van der Waals surface area (Å²) in [4.78, 5) is 24.6. The van der Waals surface area contributed by atoms with E-state index in [1.165, 1.54) is 0 Å². The van der Waals surface area contributed by atoms with Crippen LogP contribution < -0.4 is 15.4 Å². The van der Waals surface area contributed by atoms with Crippen molar-refractivity contribution in [3.63, 3.8) is 0 Å². The number of rotatable bonds is 5. The summed E-state index contributed by atoms with van der Waals surface area (Å²) in [7, 11) is 1.56. The first kappa shape index (κ1) is 18.2. The van der Waals surface area contributed by atoms with Crippen molar-refractivity contribution in [3.05, 3.63) is 89.5 Å². The Kier molecular flexibility index (Phi) is 5.52. The van der Waals surface area contributed by atoms with Crippen LogP contribution in [0.2, 0.25) is 0 Å². The number of hydrogen-bond donors (Lipinski definition) is 2. The Balaban J connectivity index is 1.64. The first-order valence-corrected chi connectivity index (χ1v) is 8.48. The minimum atomic E-state index is -0.231. The summed E-state index contributed by atoms with van der Waals surface area (Å²) in [6.45, 7) is 1.94. The minimum Gasteiger partial charge on any atom is -0.497 e. The first-order chi connectivity index (χ1) is 13.0. The van der Waals surface area contributed by atoms with Gasteiger partial charge in [0.15, 0.2) is 0 Å². The van der Waals surface area contributed by atoms with Gasteiger partial charge in [-0.3, -0.25) is 9.59 Å². The van der Waals surface area contributed by atoms with Crippen LogP contribution in [0.15, 0.2) is 72.8 Å². The molecule has 2 N–H and O–H groups in total. The van der Waals surface area contributed by atoms with Crippen molar-refractivity contribution >= 4 is 23.2 Å². The fourth-order valence-corrected chi connectivity index (χ4v) is 2.59. The number of nitrogens with one attached hydrogen (secondary N) is 2. The van der Waals surface area contributed by atoms with E-state index in [2.05, 4.69) is 10.6 Å². The van der Waals surface area contributed by atoms with E-state index in [4.69, 9.17) is 4.74 Å². The molecule has 0 aromatic heterocycles. The van der Waals surface area contributed by atoms with Crippen LogP contribution in [-0.4, -0.2) is 18.9 Å². The molecule has 0 aliphatic heterocycles. The average molecular weight is 360 g/mol.